The van der Waals surface area contributed by atoms with Gasteiger partial charge in [0.15, 0.2) is 0 Å². The molecule has 1 aromatic carbocycles. The lowest BCUT2D eigenvalue weighted by Gasteiger charge is -2.13. The number of hydrogen-bond acceptors (Lipinski definition) is 4. The van der Waals surface area contributed by atoms with Gasteiger partial charge in [-0.15, -0.1) is 11.3 Å². The Labute approximate surface area is 158 Å². The van der Waals surface area contributed by atoms with Crippen LogP contribution in [0.3, 0.4) is 0 Å². The lowest BCUT2D eigenvalue weighted by molar-refractivity contribution is -0.115. The maximum atomic E-state index is 12.6. The van der Waals surface area contributed by atoms with Crippen LogP contribution in [0.4, 0.5) is 5.69 Å². The summed E-state index contributed by atoms with van der Waals surface area (Å²) in [5.41, 5.74) is 3.51. The number of thiophene rings is 1. The summed E-state index contributed by atoms with van der Waals surface area (Å²) in [4.78, 5) is 13.1. The van der Waals surface area contributed by atoms with Gasteiger partial charge in [0.1, 0.15) is 4.21 Å². The second-order valence-corrected chi connectivity index (χ2v) is 10.2. The minimum absolute atomic E-state index is 0.116. The summed E-state index contributed by atoms with van der Waals surface area (Å²) in [6, 6.07) is 9.45. The number of aryl methyl sites for hydroxylation is 2. The number of carbonyl (C=O) groups excluding carboxylic acids is 1. The van der Waals surface area contributed by atoms with E-state index < -0.39 is 10.0 Å². The van der Waals surface area contributed by atoms with Gasteiger partial charge >= 0.3 is 0 Å². The van der Waals surface area contributed by atoms with E-state index in [2.05, 4.69) is 17.4 Å². The van der Waals surface area contributed by atoms with Crippen LogP contribution in [0.25, 0.3) is 0 Å². The Morgan fingerprint density at radius 1 is 1.04 bits per heavy atom. The number of benzene rings is 1. The summed E-state index contributed by atoms with van der Waals surface area (Å²) in [5.74, 6) is -0.116. The van der Waals surface area contributed by atoms with E-state index >= 15 is 0 Å². The van der Waals surface area contributed by atoms with Crippen LogP contribution < -0.4 is 5.32 Å². The van der Waals surface area contributed by atoms with Crippen molar-refractivity contribution in [3.8, 4) is 0 Å². The molecular weight excluding hydrogens is 368 g/mol. The van der Waals surface area contributed by atoms with Crippen molar-refractivity contribution in [1.82, 2.24) is 4.31 Å². The Bertz CT molecular complexity index is 928. The van der Waals surface area contributed by atoms with Crippen molar-refractivity contribution in [3.05, 3.63) is 46.3 Å². The average Bonchev–Trinajstić information content (AvgIpc) is 3.35. The monoisotopic (exact) mass is 390 g/mol. The van der Waals surface area contributed by atoms with Crippen molar-refractivity contribution in [2.75, 3.05) is 18.4 Å². The van der Waals surface area contributed by atoms with Crippen LogP contribution in [-0.2, 0) is 34.1 Å². The summed E-state index contributed by atoms with van der Waals surface area (Å²) in [6.07, 6.45) is 5.39. The highest BCUT2D eigenvalue weighted by molar-refractivity contribution is 7.91. The number of nitrogens with zero attached hydrogens (tertiary/aromatic N) is 1. The van der Waals surface area contributed by atoms with Gasteiger partial charge in [0.05, 0.1) is 6.42 Å². The van der Waals surface area contributed by atoms with Crippen molar-refractivity contribution in [1.29, 1.82) is 0 Å². The molecule has 5 nitrogen and oxygen atoms in total. The highest BCUT2D eigenvalue weighted by atomic mass is 32.2. The summed E-state index contributed by atoms with van der Waals surface area (Å²) < 4.78 is 27.0. The summed E-state index contributed by atoms with van der Waals surface area (Å²) >= 11 is 1.20. The number of anilines is 1. The fourth-order valence-electron chi connectivity index (χ4n) is 3.66. The topological polar surface area (TPSA) is 66.5 Å². The van der Waals surface area contributed by atoms with Gasteiger partial charge < -0.3 is 5.32 Å². The van der Waals surface area contributed by atoms with E-state index in [0.717, 1.165) is 36.2 Å². The molecule has 1 aliphatic heterocycles. The van der Waals surface area contributed by atoms with Crippen LogP contribution in [0, 0.1) is 0 Å². The first-order chi connectivity index (χ1) is 12.5. The van der Waals surface area contributed by atoms with Crippen molar-refractivity contribution >= 4 is 33.0 Å². The van der Waals surface area contributed by atoms with Crippen LogP contribution in [-0.4, -0.2) is 31.7 Å². The Hall–Kier alpha value is -1.70. The van der Waals surface area contributed by atoms with Crippen molar-refractivity contribution in [2.45, 2.75) is 42.7 Å². The number of sulfonamides is 1. The molecule has 1 saturated heterocycles. The van der Waals surface area contributed by atoms with Gasteiger partial charge in [0, 0.05) is 23.7 Å². The Morgan fingerprint density at radius 2 is 1.81 bits per heavy atom. The zero-order valence-corrected chi connectivity index (χ0v) is 16.2. The normalized spacial score (nSPS) is 17.4. The number of nitrogens with one attached hydrogen (secondary N) is 1. The molecule has 1 N–H and O–H groups in total. The summed E-state index contributed by atoms with van der Waals surface area (Å²) in [6.45, 7) is 1.18. The first-order valence-corrected chi connectivity index (χ1v) is 11.3. The molecule has 4 rings (SSSR count). The van der Waals surface area contributed by atoms with Crippen LogP contribution in [0.1, 0.15) is 35.3 Å². The SMILES string of the molecule is O=C(Cc1ccc(S(=O)(=O)N2CCCC2)s1)Nc1ccc2c(c1)CCC2. The standard InChI is InChI=1S/C19H22N2O3S2/c22-18(20-16-7-6-14-4-3-5-15(14)12-16)13-17-8-9-19(25-17)26(23,24)21-10-1-2-11-21/h6-9,12H,1-5,10-11,13H2,(H,20,22). The lowest BCUT2D eigenvalue weighted by Crippen LogP contribution is -2.27. The van der Waals surface area contributed by atoms with Gasteiger partial charge in [0.2, 0.25) is 5.91 Å². The molecule has 0 unspecified atom stereocenters. The van der Waals surface area contributed by atoms with Crippen LogP contribution >= 0.6 is 11.3 Å². The zero-order valence-electron chi connectivity index (χ0n) is 14.5. The van der Waals surface area contributed by atoms with E-state index in [1.165, 1.54) is 33.2 Å². The van der Waals surface area contributed by atoms with E-state index in [1.54, 1.807) is 12.1 Å². The fraction of sp³-hybridized carbons (Fsp3) is 0.421. The van der Waals surface area contributed by atoms with Crippen molar-refractivity contribution in [2.24, 2.45) is 0 Å². The van der Waals surface area contributed by atoms with E-state index in [4.69, 9.17) is 0 Å². The number of fused-ring (bicyclic) bond motifs is 1. The molecule has 26 heavy (non-hydrogen) atoms. The molecule has 138 valence electrons. The molecule has 2 aromatic rings. The van der Waals surface area contributed by atoms with Crippen molar-refractivity contribution < 1.29 is 13.2 Å². The van der Waals surface area contributed by atoms with Crippen LogP contribution in [0.5, 0.6) is 0 Å². The maximum absolute atomic E-state index is 12.6. The molecule has 1 aromatic heterocycles. The molecule has 1 fully saturated rings. The number of rotatable bonds is 5. The van der Waals surface area contributed by atoms with Gasteiger partial charge in [-0.1, -0.05) is 6.07 Å². The van der Waals surface area contributed by atoms with Crippen molar-refractivity contribution in [3.63, 3.8) is 0 Å². The molecule has 0 spiro atoms. The van der Waals surface area contributed by atoms with Gasteiger partial charge in [-0.2, -0.15) is 4.31 Å². The summed E-state index contributed by atoms with van der Waals surface area (Å²) in [5, 5.41) is 2.93. The first-order valence-electron chi connectivity index (χ1n) is 9.03. The predicted octanol–water partition coefficient (Wildman–Crippen LogP) is 3.20. The molecule has 1 aliphatic carbocycles. The van der Waals surface area contributed by atoms with Gasteiger partial charge in [-0.05, 0) is 67.5 Å². The third kappa shape index (κ3) is 3.56. The van der Waals surface area contributed by atoms with E-state index in [9.17, 15) is 13.2 Å². The molecule has 7 heteroatoms. The number of carbonyl (C=O) groups is 1. The number of amides is 1. The van der Waals surface area contributed by atoms with E-state index in [1.807, 2.05) is 6.07 Å². The quantitative estimate of drug-likeness (QED) is 0.853. The van der Waals surface area contributed by atoms with E-state index in [0.29, 0.717) is 17.3 Å². The smallest absolute Gasteiger partial charge is 0.252 e. The third-order valence-corrected chi connectivity index (χ3v) is 8.46. The molecule has 2 heterocycles. The molecular formula is C19H22N2O3S2. The molecule has 0 bridgehead atoms. The molecule has 0 radical (unpaired) electrons. The van der Waals surface area contributed by atoms with Crippen LogP contribution in [0.2, 0.25) is 0 Å². The molecule has 2 aliphatic rings. The minimum atomic E-state index is -3.40. The maximum Gasteiger partial charge on any atom is 0.252 e. The first kappa shape index (κ1) is 17.7. The van der Waals surface area contributed by atoms with Crippen LogP contribution in [0.15, 0.2) is 34.5 Å². The second-order valence-electron chi connectivity index (χ2n) is 6.89. The Balaban J connectivity index is 1.41. The van der Waals surface area contributed by atoms with Gasteiger partial charge in [0.25, 0.3) is 10.0 Å². The predicted molar refractivity (Wildman–Crippen MR) is 103 cm³/mol. The third-order valence-electron chi connectivity index (χ3n) is 5.01. The Morgan fingerprint density at radius 3 is 2.62 bits per heavy atom. The minimum Gasteiger partial charge on any atom is -0.326 e. The van der Waals surface area contributed by atoms with E-state index in [-0.39, 0.29) is 12.3 Å². The molecule has 1 amide bonds. The lowest BCUT2D eigenvalue weighted by atomic mass is 10.1. The fourth-order valence-corrected chi connectivity index (χ4v) is 6.69. The number of hydrogen-bond donors (Lipinski definition) is 1. The average molecular weight is 391 g/mol. The molecule has 0 atom stereocenters. The largest absolute Gasteiger partial charge is 0.326 e. The highest BCUT2D eigenvalue weighted by Gasteiger charge is 2.28. The Kier molecular flexibility index (Phi) is 4.86. The molecule has 0 saturated carbocycles. The zero-order chi connectivity index (χ0) is 18.1. The van der Waals surface area contributed by atoms with Gasteiger partial charge in [-0.25, -0.2) is 8.42 Å². The van der Waals surface area contributed by atoms with Gasteiger partial charge in [-0.3, -0.25) is 4.79 Å². The highest BCUT2D eigenvalue weighted by Crippen LogP contribution is 2.28. The summed E-state index contributed by atoms with van der Waals surface area (Å²) in [7, 11) is -3.40. The second kappa shape index (κ2) is 7.13.